The van der Waals surface area contributed by atoms with E-state index in [0.717, 1.165) is 42.8 Å². The molecule has 0 aliphatic heterocycles. The quantitative estimate of drug-likeness (QED) is 0.298. The van der Waals surface area contributed by atoms with Crippen molar-refractivity contribution in [2.75, 3.05) is 12.4 Å². The number of aromatic nitrogens is 2. The van der Waals surface area contributed by atoms with Crippen molar-refractivity contribution in [3.05, 3.63) is 84.1 Å². The molecule has 0 saturated heterocycles. The van der Waals surface area contributed by atoms with Gasteiger partial charge in [0.15, 0.2) is 0 Å². The van der Waals surface area contributed by atoms with Crippen LogP contribution in [0, 0.1) is 6.92 Å². The van der Waals surface area contributed by atoms with Gasteiger partial charge in [-0.1, -0.05) is 18.2 Å². The minimum Gasteiger partial charge on any atom is -0.497 e. The van der Waals surface area contributed by atoms with Gasteiger partial charge < -0.3 is 20.1 Å². The number of para-hydroxylation sites is 1. The Morgan fingerprint density at radius 1 is 0.919 bits per heavy atom. The van der Waals surface area contributed by atoms with Crippen LogP contribution in [-0.2, 0) is 0 Å². The Bertz CT molecular complexity index is 1360. The van der Waals surface area contributed by atoms with Gasteiger partial charge in [-0.3, -0.25) is 4.79 Å². The third kappa shape index (κ3) is 6.30. The highest BCUT2D eigenvalue weighted by molar-refractivity contribution is 5.96. The van der Waals surface area contributed by atoms with Crippen molar-refractivity contribution < 1.29 is 14.3 Å². The summed E-state index contributed by atoms with van der Waals surface area (Å²) in [5.74, 6) is 2.35. The van der Waals surface area contributed by atoms with Crippen LogP contribution in [0.1, 0.15) is 41.6 Å². The van der Waals surface area contributed by atoms with E-state index < -0.39 is 0 Å². The molecule has 37 heavy (non-hydrogen) atoms. The van der Waals surface area contributed by atoms with Gasteiger partial charge >= 0.3 is 0 Å². The van der Waals surface area contributed by atoms with E-state index in [1.807, 2.05) is 18.2 Å². The molecule has 1 fully saturated rings. The van der Waals surface area contributed by atoms with Crippen LogP contribution in [-0.4, -0.2) is 35.1 Å². The topological polar surface area (TPSA) is 85.4 Å². The number of ether oxygens (including phenoxy) is 2. The van der Waals surface area contributed by atoms with E-state index in [-0.39, 0.29) is 30.2 Å². The van der Waals surface area contributed by atoms with Crippen LogP contribution >= 0.6 is 12.4 Å². The summed E-state index contributed by atoms with van der Waals surface area (Å²) in [6.45, 7) is 2.12. The van der Waals surface area contributed by atoms with Gasteiger partial charge in [0.1, 0.15) is 22.9 Å². The number of amides is 1. The lowest BCUT2D eigenvalue weighted by atomic mass is 9.91. The molecular weight excluding hydrogens is 488 g/mol. The molecule has 0 atom stereocenters. The summed E-state index contributed by atoms with van der Waals surface area (Å²) in [5.41, 5.74) is 2.64. The lowest BCUT2D eigenvalue weighted by molar-refractivity contribution is 0.0923. The molecule has 1 saturated carbocycles. The van der Waals surface area contributed by atoms with Crippen LogP contribution in [0.2, 0.25) is 0 Å². The summed E-state index contributed by atoms with van der Waals surface area (Å²) in [6, 6.07) is 21.4. The van der Waals surface area contributed by atoms with Gasteiger partial charge in [0.2, 0.25) is 5.88 Å². The summed E-state index contributed by atoms with van der Waals surface area (Å²) in [4.78, 5) is 22.2. The fourth-order valence-corrected chi connectivity index (χ4v) is 4.68. The minimum atomic E-state index is -0.171. The second-order valence-electron chi connectivity index (χ2n) is 9.14. The van der Waals surface area contributed by atoms with Gasteiger partial charge in [0, 0.05) is 23.7 Å². The third-order valence-electron chi connectivity index (χ3n) is 6.63. The first-order valence-electron chi connectivity index (χ1n) is 12.3. The molecule has 2 aromatic heterocycles. The van der Waals surface area contributed by atoms with Gasteiger partial charge in [-0.15, -0.1) is 12.4 Å². The Morgan fingerprint density at radius 3 is 2.38 bits per heavy atom. The second-order valence-corrected chi connectivity index (χ2v) is 9.14. The highest BCUT2D eigenvalue weighted by Crippen LogP contribution is 2.27. The highest BCUT2D eigenvalue weighted by atomic mass is 35.5. The Balaban J connectivity index is 0.00000320. The number of nitrogens with zero attached hydrogens (tertiary/aromatic N) is 2. The van der Waals surface area contributed by atoms with Gasteiger partial charge in [-0.2, -0.15) is 0 Å². The lowest BCUT2D eigenvalue weighted by Crippen LogP contribution is -2.40. The van der Waals surface area contributed by atoms with Crippen LogP contribution in [0.3, 0.4) is 0 Å². The number of nitrogens with one attached hydrogen (secondary N) is 2. The van der Waals surface area contributed by atoms with Gasteiger partial charge in [-0.25, -0.2) is 9.97 Å². The van der Waals surface area contributed by atoms with E-state index in [9.17, 15) is 4.79 Å². The SMILES string of the molecule is COc1ccc(Oc2ncccc2C(=O)N[C@H]2CC[C@@H](Nc3cc(C)c4ccccc4n3)CC2)cc1.Cl. The van der Waals surface area contributed by atoms with Crippen LogP contribution in [0.15, 0.2) is 72.9 Å². The Kier molecular flexibility index (Phi) is 8.46. The Hall–Kier alpha value is -3.84. The summed E-state index contributed by atoms with van der Waals surface area (Å²) >= 11 is 0. The summed E-state index contributed by atoms with van der Waals surface area (Å²) in [7, 11) is 1.61. The molecule has 2 N–H and O–H groups in total. The third-order valence-corrected chi connectivity index (χ3v) is 6.63. The van der Waals surface area contributed by atoms with Crippen molar-refractivity contribution in [3.8, 4) is 17.4 Å². The maximum Gasteiger partial charge on any atom is 0.257 e. The average molecular weight is 519 g/mol. The van der Waals surface area contributed by atoms with Crippen LogP contribution in [0.4, 0.5) is 5.82 Å². The number of carbonyl (C=O) groups is 1. The predicted octanol–water partition coefficient (Wildman–Crippen LogP) is 6.31. The van der Waals surface area contributed by atoms with Crippen LogP contribution in [0.5, 0.6) is 17.4 Å². The number of pyridine rings is 2. The Morgan fingerprint density at radius 2 is 1.62 bits per heavy atom. The number of fused-ring (bicyclic) bond motifs is 1. The second kappa shape index (κ2) is 11.9. The molecule has 4 aromatic rings. The maximum atomic E-state index is 13.1. The first-order chi connectivity index (χ1) is 17.6. The number of methoxy groups -OCH3 is 1. The number of hydrogen-bond acceptors (Lipinski definition) is 6. The number of benzene rings is 2. The van der Waals surface area contributed by atoms with E-state index in [1.165, 1.54) is 10.9 Å². The number of aryl methyl sites for hydroxylation is 1. The molecular formula is C29H31ClN4O3. The van der Waals surface area contributed by atoms with E-state index >= 15 is 0 Å². The van der Waals surface area contributed by atoms with Crippen LogP contribution in [0.25, 0.3) is 10.9 Å². The van der Waals surface area contributed by atoms with E-state index in [4.69, 9.17) is 14.5 Å². The van der Waals surface area contributed by atoms with Crippen LogP contribution < -0.4 is 20.1 Å². The first-order valence-corrected chi connectivity index (χ1v) is 12.3. The molecule has 1 aliphatic rings. The van der Waals surface area contributed by atoms with Crippen molar-refractivity contribution in [1.29, 1.82) is 0 Å². The summed E-state index contributed by atoms with van der Waals surface area (Å²) in [5, 5.41) is 7.96. The Labute approximate surface area is 223 Å². The van der Waals surface area contributed by atoms with Gasteiger partial charge in [0.25, 0.3) is 5.91 Å². The van der Waals surface area contributed by atoms with Crippen molar-refractivity contribution in [3.63, 3.8) is 0 Å². The maximum absolute atomic E-state index is 13.1. The largest absolute Gasteiger partial charge is 0.497 e. The normalized spacial score (nSPS) is 16.9. The van der Waals surface area contributed by atoms with Crippen molar-refractivity contribution in [2.24, 2.45) is 0 Å². The molecule has 2 aromatic carbocycles. The molecule has 5 rings (SSSR count). The molecule has 0 unspecified atom stereocenters. The number of carbonyl (C=O) groups excluding carboxylic acids is 1. The molecule has 1 aliphatic carbocycles. The predicted molar refractivity (Wildman–Crippen MR) is 148 cm³/mol. The van der Waals surface area contributed by atoms with E-state index in [1.54, 1.807) is 49.7 Å². The number of halogens is 1. The zero-order chi connectivity index (χ0) is 24.9. The van der Waals surface area contributed by atoms with Crippen molar-refractivity contribution in [1.82, 2.24) is 15.3 Å². The smallest absolute Gasteiger partial charge is 0.257 e. The van der Waals surface area contributed by atoms with Gasteiger partial charge in [-0.05, 0) is 86.7 Å². The summed E-state index contributed by atoms with van der Waals surface area (Å²) in [6.07, 6.45) is 5.33. The van der Waals surface area contributed by atoms with Gasteiger partial charge in [0.05, 0.1) is 12.6 Å². The molecule has 2 heterocycles. The van der Waals surface area contributed by atoms with E-state index in [2.05, 4.69) is 34.7 Å². The fraction of sp³-hybridized carbons (Fsp3) is 0.276. The molecule has 0 bridgehead atoms. The van der Waals surface area contributed by atoms with E-state index in [0.29, 0.717) is 17.4 Å². The molecule has 8 heteroatoms. The molecule has 0 radical (unpaired) electrons. The summed E-state index contributed by atoms with van der Waals surface area (Å²) < 4.78 is 11.1. The number of rotatable bonds is 7. The molecule has 1 amide bonds. The average Bonchev–Trinajstić information content (AvgIpc) is 2.90. The number of anilines is 1. The first kappa shape index (κ1) is 26.2. The molecule has 7 nitrogen and oxygen atoms in total. The number of hydrogen-bond donors (Lipinski definition) is 2. The zero-order valence-electron chi connectivity index (χ0n) is 20.9. The highest BCUT2D eigenvalue weighted by Gasteiger charge is 2.24. The minimum absolute atomic E-state index is 0. The monoisotopic (exact) mass is 518 g/mol. The zero-order valence-corrected chi connectivity index (χ0v) is 21.8. The van der Waals surface area contributed by atoms with Crippen molar-refractivity contribution >= 4 is 35.0 Å². The van der Waals surface area contributed by atoms with Crippen molar-refractivity contribution in [2.45, 2.75) is 44.7 Å². The lowest BCUT2D eigenvalue weighted by Gasteiger charge is -2.30. The molecule has 192 valence electrons. The molecule has 0 spiro atoms. The fourth-order valence-electron chi connectivity index (χ4n) is 4.68. The standard InChI is InChI=1S/C29H30N4O3.ClH/c1-19-18-27(33-26-8-4-3-6-24(19)26)31-20-9-11-21(12-10-20)32-28(34)25-7-5-17-30-29(25)36-23-15-13-22(35-2)14-16-23;/h3-8,13-18,20-21H,9-12H2,1-2H3,(H,31,33)(H,32,34);1H/t20-,21+;.